The molecule has 36 heavy (non-hydrogen) atoms. The monoisotopic (exact) mass is 697 g/mol. The number of aromatic nitrogens is 1. The van der Waals surface area contributed by atoms with E-state index >= 15 is 0 Å². The van der Waals surface area contributed by atoms with E-state index in [0.29, 0.717) is 0 Å². The van der Waals surface area contributed by atoms with Gasteiger partial charge in [0.2, 0.25) is 0 Å². The van der Waals surface area contributed by atoms with Crippen molar-refractivity contribution in [1.29, 1.82) is 0 Å². The number of carbonyl (C=O) groups is 1. The van der Waals surface area contributed by atoms with Gasteiger partial charge in [0.05, 0.1) is 0 Å². The Bertz CT molecular complexity index is 1360. The van der Waals surface area contributed by atoms with Crippen molar-refractivity contribution in [2.24, 2.45) is 0 Å². The molecule has 0 N–H and O–H groups in total. The highest BCUT2D eigenvalue weighted by Gasteiger charge is 2.07. The molecule has 5 heteroatoms. The molecular weight excluding hydrogens is 672 g/mol. The Hall–Kier alpha value is -3.22. The average Bonchev–Trinajstić information content (AvgIpc) is 3.42. The Balaban J connectivity index is 0.000000213. The summed E-state index contributed by atoms with van der Waals surface area (Å²) in [5, 5.41) is 4.12. The third-order valence-electron chi connectivity index (χ3n) is 4.65. The maximum absolute atomic E-state index is 10.1. The molecule has 1 heterocycles. The van der Waals surface area contributed by atoms with Gasteiger partial charge in [-0.1, -0.05) is 91.3 Å². The molecule has 5 rings (SSSR count). The number of benzene rings is 4. The first-order valence-corrected chi connectivity index (χ1v) is 12.8. The van der Waals surface area contributed by atoms with Crippen LogP contribution < -0.4 is 0 Å². The SMILES string of the molecule is C.C#Cc1ccccc1.Ic1ccc(-c2cc(-c3ccccc3)on2)cc1.O=Cc1ccc(I)cc1. The van der Waals surface area contributed by atoms with E-state index in [4.69, 9.17) is 10.9 Å². The molecule has 0 aliphatic rings. The van der Waals surface area contributed by atoms with Crippen molar-refractivity contribution in [2.75, 3.05) is 0 Å². The summed E-state index contributed by atoms with van der Waals surface area (Å²) < 4.78 is 7.75. The predicted molar refractivity (Wildman–Crippen MR) is 166 cm³/mol. The summed E-state index contributed by atoms with van der Waals surface area (Å²) in [6, 6.07) is 37.2. The fourth-order valence-corrected chi connectivity index (χ4v) is 3.57. The number of terminal acetylenes is 1. The van der Waals surface area contributed by atoms with Gasteiger partial charge in [0.1, 0.15) is 12.0 Å². The van der Waals surface area contributed by atoms with Crippen molar-refractivity contribution in [1.82, 2.24) is 5.16 Å². The molecule has 0 unspecified atom stereocenters. The van der Waals surface area contributed by atoms with Crippen molar-refractivity contribution in [3.05, 3.63) is 134 Å². The van der Waals surface area contributed by atoms with Crippen molar-refractivity contribution in [3.8, 4) is 34.9 Å². The first-order chi connectivity index (χ1) is 17.1. The maximum atomic E-state index is 10.1. The van der Waals surface area contributed by atoms with Gasteiger partial charge >= 0.3 is 0 Å². The van der Waals surface area contributed by atoms with Gasteiger partial charge < -0.3 is 4.52 Å². The molecule has 180 valence electrons. The van der Waals surface area contributed by atoms with Crippen LogP contribution in [-0.2, 0) is 0 Å². The van der Waals surface area contributed by atoms with Crippen LogP contribution in [0.15, 0.2) is 120 Å². The lowest BCUT2D eigenvalue weighted by Crippen LogP contribution is -1.76. The van der Waals surface area contributed by atoms with Gasteiger partial charge in [-0.25, -0.2) is 0 Å². The second-order valence-electron chi connectivity index (χ2n) is 7.13. The summed E-state index contributed by atoms with van der Waals surface area (Å²) in [6.07, 6.45) is 5.94. The number of rotatable bonds is 3. The summed E-state index contributed by atoms with van der Waals surface area (Å²) in [5.41, 5.74) is 4.65. The highest BCUT2D eigenvalue weighted by Crippen LogP contribution is 2.26. The van der Waals surface area contributed by atoms with E-state index < -0.39 is 0 Å². The molecule has 0 saturated heterocycles. The fraction of sp³-hybridized carbons (Fsp3) is 0.0323. The smallest absolute Gasteiger partial charge is 0.167 e. The molecule has 0 atom stereocenters. The van der Waals surface area contributed by atoms with Gasteiger partial charge in [0.15, 0.2) is 5.76 Å². The van der Waals surface area contributed by atoms with Crippen LogP contribution in [0.25, 0.3) is 22.6 Å². The highest BCUT2D eigenvalue weighted by atomic mass is 127. The second kappa shape index (κ2) is 15.7. The first-order valence-electron chi connectivity index (χ1n) is 10.6. The van der Waals surface area contributed by atoms with Gasteiger partial charge in [-0.2, -0.15) is 0 Å². The van der Waals surface area contributed by atoms with Gasteiger partial charge in [0.25, 0.3) is 0 Å². The van der Waals surface area contributed by atoms with Crippen molar-refractivity contribution in [3.63, 3.8) is 0 Å². The number of hydrogen-bond acceptors (Lipinski definition) is 3. The molecular formula is C31H25I2NO2. The number of aldehydes is 1. The van der Waals surface area contributed by atoms with Crippen molar-refractivity contribution < 1.29 is 9.32 Å². The number of hydrogen-bond donors (Lipinski definition) is 0. The van der Waals surface area contributed by atoms with Gasteiger partial charge in [-0.05, 0) is 81.6 Å². The quantitative estimate of drug-likeness (QED) is 0.107. The fourth-order valence-electron chi connectivity index (χ4n) is 2.85. The van der Waals surface area contributed by atoms with Crippen LogP contribution >= 0.6 is 45.2 Å². The Morgan fingerprint density at radius 3 is 1.75 bits per heavy atom. The molecule has 0 saturated carbocycles. The van der Waals surface area contributed by atoms with E-state index in [1.165, 1.54) is 3.57 Å². The summed E-state index contributed by atoms with van der Waals surface area (Å²) >= 11 is 4.48. The lowest BCUT2D eigenvalue weighted by atomic mass is 10.1. The number of carbonyl (C=O) groups excluding carboxylic acids is 1. The largest absolute Gasteiger partial charge is 0.356 e. The molecule has 3 nitrogen and oxygen atoms in total. The first kappa shape index (κ1) is 29.0. The lowest BCUT2D eigenvalue weighted by Gasteiger charge is -1.94. The minimum absolute atomic E-state index is 0. The van der Waals surface area contributed by atoms with Gasteiger partial charge in [-0.15, -0.1) is 6.42 Å². The van der Waals surface area contributed by atoms with Gasteiger partial charge in [-0.3, -0.25) is 4.79 Å². The summed E-state index contributed by atoms with van der Waals surface area (Å²) in [4.78, 5) is 10.1. The van der Waals surface area contributed by atoms with Crippen molar-refractivity contribution in [2.45, 2.75) is 7.43 Å². The topological polar surface area (TPSA) is 43.1 Å². The standard InChI is InChI=1S/C15H10INO.C8H6.C7H5IO.CH4/c16-13-8-6-11(7-9-13)14-10-15(18-17-14)12-4-2-1-3-5-12;1-2-8-6-4-3-5-7-8;8-7-3-1-6(5-9)2-4-7;/h1-10H;1,3-7H;1-5H;1H4. The normalized spacial score (nSPS) is 9.25. The Morgan fingerprint density at radius 2 is 1.25 bits per heavy atom. The summed E-state index contributed by atoms with van der Waals surface area (Å²) in [7, 11) is 0. The Kier molecular flexibility index (Phi) is 12.7. The average molecular weight is 697 g/mol. The molecule has 0 amide bonds. The minimum atomic E-state index is 0. The van der Waals surface area contributed by atoms with Gasteiger partial charge in [0, 0.05) is 35.5 Å². The predicted octanol–water partition coefficient (Wildman–Crippen LogP) is 9.02. The minimum Gasteiger partial charge on any atom is -0.356 e. The maximum Gasteiger partial charge on any atom is 0.167 e. The third kappa shape index (κ3) is 9.44. The van der Waals surface area contributed by atoms with Crippen LogP contribution in [0.1, 0.15) is 23.3 Å². The second-order valence-corrected chi connectivity index (χ2v) is 9.62. The zero-order valence-electron chi connectivity index (χ0n) is 18.6. The van der Waals surface area contributed by atoms with Crippen LogP contribution in [0.5, 0.6) is 0 Å². The van der Waals surface area contributed by atoms with Crippen LogP contribution in [0.2, 0.25) is 0 Å². The molecule has 4 aromatic carbocycles. The van der Waals surface area contributed by atoms with E-state index in [-0.39, 0.29) is 7.43 Å². The highest BCUT2D eigenvalue weighted by molar-refractivity contribution is 14.1. The molecule has 5 aromatic rings. The van der Waals surface area contributed by atoms with E-state index in [1.807, 2.05) is 78.9 Å². The van der Waals surface area contributed by atoms with E-state index in [0.717, 1.165) is 43.6 Å². The van der Waals surface area contributed by atoms with Crippen molar-refractivity contribution >= 4 is 51.5 Å². The van der Waals surface area contributed by atoms with E-state index in [9.17, 15) is 4.79 Å². The lowest BCUT2D eigenvalue weighted by molar-refractivity contribution is 0.112. The molecule has 0 aliphatic carbocycles. The Labute approximate surface area is 240 Å². The van der Waals surface area contributed by atoms with Crippen LogP contribution in [-0.4, -0.2) is 11.4 Å². The molecule has 0 radical (unpaired) electrons. The Morgan fingerprint density at radius 1 is 0.722 bits per heavy atom. The van der Waals surface area contributed by atoms with E-state index in [1.54, 1.807) is 12.1 Å². The van der Waals surface area contributed by atoms with Crippen LogP contribution in [0.4, 0.5) is 0 Å². The van der Waals surface area contributed by atoms with E-state index in [2.05, 4.69) is 80.5 Å². The summed E-state index contributed by atoms with van der Waals surface area (Å²) in [6.45, 7) is 0. The third-order valence-corrected chi connectivity index (χ3v) is 6.09. The number of halogens is 2. The van der Waals surface area contributed by atoms with Crippen LogP contribution in [0.3, 0.4) is 0 Å². The zero-order valence-corrected chi connectivity index (χ0v) is 23.0. The molecule has 0 bridgehead atoms. The van der Waals surface area contributed by atoms with Crippen LogP contribution in [0, 0.1) is 19.5 Å². The zero-order chi connectivity index (χ0) is 24.9. The summed E-state index contributed by atoms with van der Waals surface area (Å²) in [5.74, 6) is 3.32. The molecule has 0 fully saturated rings. The molecule has 0 spiro atoms. The molecule has 0 aliphatic heterocycles. The number of nitrogens with zero attached hydrogens (tertiary/aromatic N) is 1. The molecule has 1 aromatic heterocycles.